The molecular formula is C8H12N2O2. The molecule has 4 heteroatoms. The Hall–Kier alpha value is -1.10. The minimum Gasteiger partial charge on any atom is -0.337 e. The average molecular weight is 168 g/mol. The Kier molecular flexibility index (Phi) is 6.00. The molecule has 66 valence electrons. The summed E-state index contributed by atoms with van der Waals surface area (Å²) in [4.78, 5) is 0. The quantitative estimate of drug-likeness (QED) is 0.575. The minimum atomic E-state index is -0.454. The minimum absolute atomic E-state index is 0.00568. The smallest absolute Gasteiger partial charge is 0.162 e. The Bertz CT molecular complexity index is 172. The Morgan fingerprint density at radius 3 is 1.75 bits per heavy atom. The zero-order chi connectivity index (χ0) is 9.40. The van der Waals surface area contributed by atoms with Crippen molar-refractivity contribution in [1.29, 1.82) is 10.5 Å². The van der Waals surface area contributed by atoms with Gasteiger partial charge >= 0.3 is 0 Å². The molecule has 0 atom stereocenters. The lowest BCUT2D eigenvalue weighted by atomic mass is 10.2. The van der Waals surface area contributed by atoms with Crippen molar-refractivity contribution < 1.29 is 9.47 Å². The third kappa shape index (κ3) is 4.68. The number of rotatable bonds is 5. The van der Waals surface area contributed by atoms with Crippen LogP contribution in [0.15, 0.2) is 0 Å². The van der Waals surface area contributed by atoms with Crippen LogP contribution in [0.5, 0.6) is 0 Å². The van der Waals surface area contributed by atoms with E-state index in [4.69, 9.17) is 20.0 Å². The molecule has 0 aromatic heterocycles. The van der Waals surface area contributed by atoms with Gasteiger partial charge in [0.15, 0.2) is 6.29 Å². The molecule has 0 aliphatic rings. The lowest BCUT2D eigenvalue weighted by molar-refractivity contribution is -0.149. The maximum absolute atomic E-state index is 8.23. The summed E-state index contributed by atoms with van der Waals surface area (Å²) < 4.78 is 10.0. The zero-order valence-corrected chi connectivity index (χ0v) is 7.28. The van der Waals surface area contributed by atoms with E-state index in [1.807, 2.05) is 26.0 Å². The van der Waals surface area contributed by atoms with E-state index >= 15 is 0 Å². The van der Waals surface area contributed by atoms with Crippen molar-refractivity contribution in [2.75, 3.05) is 13.2 Å². The molecular weight excluding hydrogens is 156 g/mol. The molecule has 0 saturated carbocycles. The van der Waals surface area contributed by atoms with Gasteiger partial charge in [-0.15, -0.1) is 0 Å². The molecule has 0 aliphatic carbocycles. The van der Waals surface area contributed by atoms with Crippen LogP contribution in [0, 0.1) is 28.6 Å². The molecule has 0 saturated heterocycles. The SMILES string of the molecule is CC(C)C(OCC#N)OCC#N. The molecule has 0 bridgehead atoms. The summed E-state index contributed by atoms with van der Waals surface area (Å²) in [5.74, 6) is 0.145. The van der Waals surface area contributed by atoms with Gasteiger partial charge < -0.3 is 9.47 Å². The van der Waals surface area contributed by atoms with Crippen molar-refractivity contribution >= 4 is 0 Å². The summed E-state index contributed by atoms with van der Waals surface area (Å²) >= 11 is 0. The Labute approximate surface area is 72.3 Å². The first kappa shape index (κ1) is 10.9. The highest BCUT2D eigenvalue weighted by Crippen LogP contribution is 2.07. The van der Waals surface area contributed by atoms with E-state index in [0.29, 0.717) is 0 Å². The standard InChI is InChI=1S/C8H12N2O2/c1-7(2)8(11-5-3-9)12-6-4-10/h7-8H,5-6H2,1-2H3. The van der Waals surface area contributed by atoms with E-state index in [2.05, 4.69) is 0 Å². The van der Waals surface area contributed by atoms with Gasteiger partial charge in [0.2, 0.25) is 0 Å². The molecule has 0 unspecified atom stereocenters. The van der Waals surface area contributed by atoms with Crippen molar-refractivity contribution in [2.24, 2.45) is 5.92 Å². The third-order valence-electron chi connectivity index (χ3n) is 1.17. The van der Waals surface area contributed by atoms with Crippen molar-refractivity contribution in [1.82, 2.24) is 0 Å². The number of hydrogen-bond donors (Lipinski definition) is 0. The molecule has 0 aromatic rings. The first-order valence-electron chi connectivity index (χ1n) is 3.69. The lowest BCUT2D eigenvalue weighted by Gasteiger charge is -2.18. The summed E-state index contributed by atoms with van der Waals surface area (Å²) in [5.41, 5.74) is 0. The van der Waals surface area contributed by atoms with Crippen LogP contribution in [0.2, 0.25) is 0 Å². The number of hydrogen-bond acceptors (Lipinski definition) is 4. The van der Waals surface area contributed by atoms with Crippen LogP contribution in [-0.4, -0.2) is 19.5 Å². The van der Waals surface area contributed by atoms with E-state index < -0.39 is 6.29 Å². The fourth-order valence-corrected chi connectivity index (χ4v) is 0.672. The average Bonchev–Trinajstić information content (AvgIpc) is 2.04. The molecule has 0 aromatic carbocycles. The largest absolute Gasteiger partial charge is 0.337 e. The summed E-state index contributed by atoms with van der Waals surface area (Å²) in [6, 6.07) is 3.69. The lowest BCUT2D eigenvalue weighted by Crippen LogP contribution is -2.23. The molecule has 4 nitrogen and oxygen atoms in total. The molecule has 0 amide bonds. The highest BCUT2D eigenvalue weighted by molar-refractivity contribution is 4.70. The van der Waals surface area contributed by atoms with Gasteiger partial charge in [-0.25, -0.2) is 0 Å². The molecule has 0 heterocycles. The van der Waals surface area contributed by atoms with Gasteiger partial charge in [0, 0.05) is 5.92 Å². The van der Waals surface area contributed by atoms with Crippen LogP contribution in [0.4, 0.5) is 0 Å². The van der Waals surface area contributed by atoms with Gasteiger partial charge in [-0.3, -0.25) is 0 Å². The second-order valence-electron chi connectivity index (χ2n) is 2.55. The monoisotopic (exact) mass is 168 g/mol. The summed E-state index contributed by atoms with van der Waals surface area (Å²) in [7, 11) is 0. The van der Waals surface area contributed by atoms with Crippen LogP contribution in [0.3, 0.4) is 0 Å². The van der Waals surface area contributed by atoms with Gasteiger partial charge in [-0.05, 0) is 0 Å². The highest BCUT2D eigenvalue weighted by Gasteiger charge is 2.13. The topological polar surface area (TPSA) is 66.0 Å². The van der Waals surface area contributed by atoms with E-state index in [-0.39, 0.29) is 19.1 Å². The van der Waals surface area contributed by atoms with Crippen LogP contribution < -0.4 is 0 Å². The van der Waals surface area contributed by atoms with E-state index in [9.17, 15) is 0 Å². The van der Waals surface area contributed by atoms with Gasteiger partial charge in [-0.1, -0.05) is 13.8 Å². The highest BCUT2D eigenvalue weighted by atomic mass is 16.7. The Morgan fingerprint density at radius 2 is 1.50 bits per heavy atom. The third-order valence-corrected chi connectivity index (χ3v) is 1.17. The normalized spacial score (nSPS) is 9.83. The molecule has 0 radical (unpaired) electrons. The Balaban J connectivity index is 3.73. The predicted octanol–water partition coefficient (Wildman–Crippen LogP) is 1.05. The van der Waals surface area contributed by atoms with E-state index in [1.54, 1.807) is 0 Å². The molecule has 0 rings (SSSR count). The molecule has 0 N–H and O–H groups in total. The summed E-state index contributed by atoms with van der Waals surface area (Å²) in [6.45, 7) is 3.79. The van der Waals surface area contributed by atoms with Gasteiger partial charge in [0.25, 0.3) is 0 Å². The van der Waals surface area contributed by atoms with Crippen LogP contribution in [0.25, 0.3) is 0 Å². The van der Waals surface area contributed by atoms with Crippen LogP contribution in [0.1, 0.15) is 13.8 Å². The first-order chi connectivity index (χ1) is 5.72. The van der Waals surface area contributed by atoms with Crippen LogP contribution >= 0.6 is 0 Å². The maximum Gasteiger partial charge on any atom is 0.162 e. The molecule has 0 spiro atoms. The first-order valence-corrected chi connectivity index (χ1v) is 3.69. The number of ether oxygens (including phenoxy) is 2. The number of nitrogens with zero attached hydrogens (tertiary/aromatic N) is 2. The number of nitriles is 2. The Morgan fingerprint density at radius 1 is 1.08 bits per heavy atom. The molecule has 0 fully saturated rings. The second-order valence-corrected chi connectivity index (χ2v) is 2.55. The second kappa shape index (κ2) is 6.60. The fraction of sp³-hybridized carbons (Fsp3) is 0.750. The van der Waals surface area contributed by atoms with Crippen molar-refractivity contribution in [3.8, 4) is 12.1 Å². The predicted molar refractivity (Wildman–Crippen MR) is 41.8 cm³/mol. The van der Waals surface area contributed by atoms with Gasteiger partial charge in [0.1, 0.15) is 13.2 Å². The van der Waals surface area contributed by atoms with Crippen molar-refractivity contribution in [3.63, 3.8) is 0 Å². The summed E-state index contributed by atoms with van der Waals surface area (Å²) in [5, 5.41) is 16.5. The van der Waals surface area contributed by atoms with Crippen molar-refractivity contribution in [3.05, 3.63) is 0 Å². The maximum atomic E-state index is 8.23. The van der Waals surface area contributed by atoms with Gasteiger partial charge in [-0.2, -0.15) is 10.5 Å². The molecule has 0 aliphatic heterocycles. The summed E-state index contributed by atoms with van der Waals surface area (Å²) in [6.07, 6.45) is -0.454. The fourth-order valence-electron chi connectivity index (χ4n) is 0.672. The molecule has 12 heavy (non-hydrogen) atoms. The zero-order valence-electron chi connectivity index (χ0n) is 7.28. The van der Waals surface area contributed by atoms with Crippen LogP contribution in [-0.2, 0) is 9.47 Å². The van der Waals surface area contributed by atoms with Gasteiger partial charge in [0.05, 0.1) is 12.1 Å². The van der Waals surface area contributed by atoms with Crippen molar-refractivity contribution in [2.45, 2.75) is 20.1 Å². The van der Waals surface area contributed by atoms with E-state index in [1.165, 1.54) is 0 Å². The van der Waals surface area contributed by atoms with E-state index in [0.717, 1.165) is 0 Å².